The van der Waals surface area contributed by atoms with Crippen molar-refractivity contribution in [3.63, 3.8) is 0 Å². The summed E-state index contributed by atoms with van der Waals surface area (Å²) in [6.07, 6.45) is 32.3. The van der Waals surface area contributed by atoms with Crippen LogP contribution in [0.5, 0.6) is 0 Å². The fourth-order valence-electron chi connectivity index (χ4n) is 4.90. The number of likely N-dealkylation sites (N-methyl/N-ethyl adjacent to an activating group) is 1. The summed E-state index contributed by atoms with van der Waals surface area (Å²) < 4.78 is 0.895. The molecular formula is C28H55N2O+. The van der Waals surface area contributed by atoms with Crippen LogP contribution in [0.25, 0.3) is 0 Å². The third-order valence-electron chi connectivity index (χ3n) is 7.22. The first-order valence-electron chi connectivity index (χ1n) is 13.9. The van der Waals surface area contributed by atoms with Crippen LogP contribution < -0.4 is 0 Å². The molecule has 3 heteroatoms. The molecule has 0 radical (unpaired) electrons. The number of nitrogens with zero attached hydrogens (tertiary/aromatic N) is 2. The van der Waals surface area contributed by atoms with Crippen molar-refractivity contribution in [3.05, 3.63) is 12.2 Å². The van der Waals surface area contributed by atoms with Crippen molar-refractivity contribution in [1.82, 2.24) is 0 Å². The molecular weight excluding hydrogens is 380 g/mol. The standard InChI is InChI=1S/C28H55N2O/c1-3-5-6-7-8-9-10-11-12-13-14-15-16-17-18-19-20-21-22-23-28-29-24-25-30(28,4-2)26-27-31/h22-24,28,31H,3-21,25-27H2,1-2H3/q+1/b23-22+. The Labute approximate surface area is 195 Å². The number of aliphatic hydroxyl groups is 1. The van der Waals surface area contributed by atoms with Crippen molar-refractivity contribution in [3.8, 4) is 0 Å². The number of hydrogen-bond acceptors (Lipinski definition) is 2. The molecule has 0 aliphatic carbocycles. The highest BCUT2D eigenvalue weighted by atomic mass is 16.3. The molecule has 3 nitrogen and oxygen atoms in total. The molecule has 2 unspecified atom stereocenters. The summed E-state index contributed by atoms with van der Waals surface area (Å²) in [4.78, 5) is 4.64. The Bertz CT molecular complexity index is 448. The third-order valence-corrected chi connectivity index (χ3v) is 7.22. The highest BCUT2D eigenvalue weighted by Gasteiger charge is 2.35. The quantitative estimate of drug-likeness (QED) is 0.105. The minimum Gasteiger partial charge on any atom is -0.391 e. The van der Waals surface area contributed by atoms with Gasteiger partial charge < -0.3 is 5.11 Å². The molecule has 0 aromatic carbocycles. The number of aliphatic imine (C=N–C) groups is 1. The second-order valence-corrected chi connectivity index (χ2v) is 9.78. The van der Waals surface area contributed by atoms with E-state index < -0.39 is 0 Å². The highest BCUT2D eigenvalue weighted by molar-refractivity contribution is 5.60. The van der Waals surface area contributed by atoms with Gasteiger partial charge in [0.25, 0.3) is 0 Å². The molecule has 0 spiro atoms. The molecule has 0 bridgehead atoms. The van der Waals surface area contributed by atoms with Gasteiger partial charge in [0.15, 0.2) is 0 Å². The summed E-state index contributed by atoms with van der Waals surface area (Å²) >= 11 is 0. The van der Waals surface area contributed by atoms with Crippen molar-refractivity contribution in [2.24, 2.45) is 4.99 Å². The molecule has 0 fully saturated rings. The molecule has 0 saturated carbocycles. The maximum Gasteiger partial charge on any atom is 0.202 e. The van der Waals surface area contributed by atoms with Crippen molar-refractivity contribution in [2.75, 3.05) is 26.2 Å². The van der Waals surface area contributed by atoms with Gasteiger partial charge in [0.1, 0.15) is 13.1 Å². The Morgan fingerprint density at radius 2 is 1.26 bits per heavy atom. The van der Waals surface area contributed by atoms with Gasteiger partial charge in [-0.3, -0.25) is 4.48 Å². The Balaban J connectivity index is 1.85. The minimum absolute atomic E-state index is 0.225. The first kappa shape index (κ1) is 28.4. The molecule has 0 saturated heterocycles. The van der Waals surface area contributed by atoms with Gasteiger partial charge in [-0.05, 0) is 25.8 Å². The Morgan fingerprint density at radius 1 is 0.774 bits per heavy atom. The van der Waals surface area contributed by atoms with E-state index in [1.165, 1.54) is 116 Å². The number of rotatable bonds is 22. The first-order chi connectivity index (χ1) is 15.3. The van der Waals surface area contributed by atoms with Crippen molar-refractivity contribution < 1.29 is 9.59 Å². The maximum atomic E-state index is 9.38. The molecule has 1 aliphatic heterocycles. The van der Waals surface area contributed by atoms with Crippen LogP contribution in [0.2, 0.25) is 0 Å². The summed E-state index contributed by atoms with van der Waals surface area (Å²) in [5.41, 5.74) is 0. The van der Waals surface area contributed by atoms with E-state index in [-0.39, 0.29) is 12.8 Å². The monoisotopic (exact) mass is 435 g/mol. The van der Waals surface area contributed by atoms with E-state index in [4.69, 9.17) is 0 Å². The summed E-state index contributed by atoms with van der Waals surface area (Å²) in [7, 11) is 0. The summed E-state index contributed by atoms with van der Waals surface area (Å²) in [6.45, 7) is 7.57. The van der Waals surface area contributed by atoms with Crippen LogP contribution in [0, 0.1) is 0 Å². The van der Waals surface area contributed by atoms with Gasteiger partial charge in [0, 0.05) is 0 Å². The van der Waals surface area contributed by atoms with E-state index in [2.05, 4.69) is 31.0 Å². The zero-order valence-electron chi connectivity index (χ0n) is 21.2. The number of unbranched alkanes of at least 4 members (excludes halogenated alkanes) is 17. The van der Waals surface area contributed by atoms with E-state index in [0.717, 1.165) is 24.1 Å². The molecule has 31 heavy (non-hydrogen) atoms. The molecule has 182 valence electrons. The third kappa shape index (κ3) is 13.5. The Kier molecular flexibility index (Phi) is 18.3. The van der Waals surface area contributed by atoms with E-state index in [1.54, 1.807) is 0 Å². The highest BCUT2D eigenvalue weighted by Crippen LogP contribution is 2.20. The van der Waals surface area contributed by atoms with Crippen LogP contribution in [0.4, 0.5) is 0 Å². The predicted octanol–water partition coefficient (Wildman–Crippen LogP) is 7.82. The topological polar surface area (TPSA) is 32.6 Å². The van der Waals surface area contributed by atoms with Crippen LogP contribution in [0.3, 0.4) is 0 Å². The fraction of sp³-hybridized carbons (Fsp3) is 0.893. The summed E-state index contributed by atoms with van der Waals surface area (Å²) in [5, 5.41) is 9.38. The maximum absolute atomic E-state index is 9.38. The van der Waals surface area contributed by atoms with Crippen LogP contribution in [-0.4, -0.2) is 48.2 Å². The largest absolute Gasteiger partial charge is 0.391 e. The lowest BCUT2D eigenvalue weighted by Gasteiger charge is -2.36. The predicted molar refractivity (Wildman–Crippen MR) is 138 cm³/mol. The van der Waals surface area contributed by atoms with Crippen molar-refractivity contribution in [2.45, 2.75) is 136 Å². The smallest absolute Gasteiger partial charge is 0.202 e. The number of hydrogen-bond donors (Lipinski definition) is 1. The average molecular weight is 436 g/mol. The zero-order valence-corrected chi connectivity index (χ0v) is 21.2. The van der Waals surface area contributed by atoms with Gasteiger partial charge in [-0.1, -0.05) is 116 Å². The van der Waals surface area contributed by atoms with E-state index >= 15 is 0 Å². The van der Waals surface area contributed by atoms with Crippen LogP contribution in [0.1, 0.15) is 129 Å². The fourth-order valence-corrected chi connectivity index (χ4v) is 4.90. The SMILES string of the molecule is CCCCCCCCCCCCCCCCCCC/C=C/C1N=CC[N+]1(CC)CCO. The molecule has 1 aliphatic rings. The summed E-state index contributed by atoms with van der Waals surface area (Å²) in [5.74, 6) is 0. The van der Waals surface area contributed by atoms with Crippen LogP contribution in [-0.2, 0) is 0 Å². The lowest BCUT2D eigenvalue weighted by molar-refractivity contribution is -0.929. The normalized spacial score (nSPS) is 20.9. The zero-order chi connectivity index (χ0) is 22.5. The van der Waals surface area contributed by atoms with Gasteiger partial charge >= 0.3 is 0 Å². The molecule has 2 atom stereocenters. The van der Waals surface area contributed by atoms with E-state index in [1.807, 2.05) is 6.21 Å². The van der Waals surface area contributed by atoms with Gasteiger partial charge in [0.05, 0.1) is 19.4 Å². The Hall–Kier alpha value is -0.670. The second kappa shape index (κ2) is 20.0. The number of aliphatic hydroxyl groups excluding tert-OH is 1. The van der Waals surface area contributed by atoms with Gasteiger partial charge in [-0.15, -0.1) is 0 Å². The van der Waals surface area contributed by atoms with Gasteiger partial charge in [0.2, 0.25) is 6.17 Å². The van der Waals surface area contributed by atoms with Crippen LogP contribution in [0.15, 0.2) is 17.1 Å². The lowest BCUT2D eigenvalue weighted by Crippen LogP contribution is -2.53. The molecule has 0 aromatic rings. The lowest BCUT2D eigenvalue weighted by atomic mass is 10.0. The molecule has 1 heterocycles. The molecule has 1 rings (SSSR count). The Morgan fingerprint density at radius 3 is 1.71 bits per heavy atom. The number of quaternary nitrogens is 1. The molecule has 0 amide bonds. The molecule has 1 N–H and O–H groups in total. The molecule has 0 aromatic heterocycles. The second-order valence-electron chi connectivity index (χ2n) is 9.78. The van der Waals surface area contributed by atoms with Crippen molar-refractivity contribution >= 4 is 6.21 Å². The van der Waals surface area contributed by atoms with Crippen LogP contribution >= 0.6 is 0 Å². The first-order valence-corrected chi connectivity index (χ1v) is 13.9. The van der Waals surface area contributed by atoms with Gasteiger partial charge in [-0.25, -0.2) is 4.99 Å². The van der Waals surface area contributed by atoms with E-state index in [0.29, 0.717) is 0 Å². The van der Waals surface area contributed by atoms with E-state index in [9.17, 15) is 5.11 Å². The minimum atomic E-state index is 0.225. The van der Waals surface area contributed by atoms with Gasteiger partial charge in [-0.2, -0.15) is 0 Å². The number of allylic oxidation sites excluding steroid dienone is 1. The average Bonchev–Trinajstić information content (AvgIpc) is 3.18. The summed E-state index contributed by atoms with van der Waals surface area (Å²) in [6, 6.07) is 0. The van der Waals surface area contributed by atoms with Crippen molar-refractivity contribution in [1.29, 1.82) is 0 Å².